The maximum Gasteiger partial charge on any atom is 0.279 e. The van der Waals surface area contributed by atoms with Crippen LogP contribution >= 0.6 is 0 Å². The molecule has 1 aliphatic rings. The lowest BCUT2D eigenvalue weighted by atomic mass is 10.1. The fraction of sp³-hybridized carbons (Fsp3) is 0.458. The average molecular weight is 518 g/mol. The highest BCUT2D eigenvalue weighted by Crippen LogP contribution is 2.22. The van der Waals surface area contributed by atoms with Gasteiger partial charge in [0.05, 0.1) is 23.0 Å². The number of benzene rings is 1. The monoisotopic (exact) mass is 517 g/mol. The van der Waals surface area contributed by atoms with Crippen LogP contribution in [0.3, 0.4) is 0 Å². The smallest absolute Gasteiger partial charge is 0.279 e. The number of carbonyl (C=O) groups excluding carboxylic acids is 2. The summed E-state index contributed by atoms with van der Waals surface area (Å²) in [6.45, 7) is 1.75. The number of methoxy groups -OCH3 is 1. The lowest BCUT2D eigenvalue weighted by molar-refractivity contribution is -0.116. The summed E-state index contributed by atoms with van der Waals surface area (Å²) in [7, 11) is -0.398. The summed E-state index contributed by atoms with van der Waals surface area (Å²) in [5.74, 6) is -0.345. The summed E-state index contributed by atoms with van der Waals surface area (Å²) < 4.78 is 30.0. The predicted molar refractivity (Wildman–Crippen MR) is 135 cm³/mol. The fourth-order valence-corrected chi connectivity index (χ4v) is 4.86. The second-order valence-corrected chi connectivity index (χ2v) is 10.5. The first-order valence-corrected chi connectivity index (χ1v) is 13.3. The molecule has 12 heteroatoms. The van der Waals surface area contributed by atoms with Gasteiger partial charge in [0.1, 0.15) is 6.10 Å². The molecule has 3 rings (SSSR count). The van der Waals surface area contributed by atoms with Crippen molar-refractivity contribution in [2.24, 2.45) is 5.16 Å². The van der Waals surface area contributed by atoms with Crippen LogP contribution in [-0.4, -0.2) is 68.5 Å². The van der Waals surface area contributed by atoms with Gasteiger partial charge in [0.25, 0.3) is 5.91 Å². The van der Waals surface area contributed by atoms with Crippen molar-refractivity contribution in [2.75, 3.05) is 36.7 Å². The van der Waals surface area contributed by atoms with Crippen molar-refractivity contribution in [3.63, 3.8) is 0 Å². The molecule has 1 N–H and O–H groups in total. The molecule has 1 aromatic heterocycles. The number of hydrogen-bond acceptors (Lipinski definition) is 9. The molecular weight excluding hydrogens is 486 g/mol. The van der Waals surface area contributed by atoms with E-state index in [4.69, 9.17) is 9.57 Å². The third-order valence-corrected chi connectivity index (χ3v) is 7.57. The van der Waals surface area contributed by atoms with Crippen LogP contribution < -0.4 is 10.2 Å². The Morgan fingerprint density at radius 1 is 1.14 bits per heavy atom. The summed E-state index contributed by atoms with van der Waals surface area (Å²) in [6, 6.07) is 5.94. The van der Waals surface area contributed by atoms with Gasteiger partial charge in [-0.05, 0) is 44.2 Å². The molecule has 0 atom stereocenters. The third kappa shape index (κ3) is 7.31. The number of sulfone groups is 1. The van der Waals surface area contributed by atoms with Gasteiger partial charge in [-0.3, -0.25) is 14.5 Å². The van der Waals surface area contributed by atoms with Crippen molar-refractivity contribution < 1.29 is 27.6 Å². The molecule has 1 fully saturated rings. The zero-order valence-corrected chi connectivity index (χ0v) is 21.5. The number of rotatable bonds is 11. The van der Waals surface area contributed by atoms with Crippen LogP contribution in [0.15, 0.2) is 46.7 Å². The second kappa shape index (κ2) is 12.5. The molecule has 11 nitrogen and oxygen atoms in total. The summed E-state index contributed by atoms with van der Waals surface area (Å²) >= 11 is 0. The molecular formula is C24H31N5O6S. The molecule has 2 amide bonds. The Labute approximate surface area is 210 Å². The Bertz CT molecular complexity index is 1180. The molecule has 0 unspecified atom stereocenters. The van der Waals surface area contributed by atoms with Crippen LogP contribution in [0.25, 0.3) is 0 Å². The number of nitrogens with one attached hydrogen (secondary N) is 1. The SMILES string of the molecule is COCCCS(=O)(=O)c1ccc(/C(=N\OC2CCCC2)C(=O)Nc2cnc(N(C)C(C)=O)cn2)cc1. The van der Waals surface area contributed by atoms with Gasteiger partial charge in [0.2, 0.25) is 5.91 Å². The Hall–Kier alpha value is -3.38. The largest absolute Gasteiger partial charge is 0.392 e. The van der Waals surface area contributed by atoms with Crippen molar-refractivity contribution in [1.29, 1.82) is 0 Å². The molecule has 1 aromatic carbocycles. The molecule has 0 saturated heterocycles. The highest BCUT2D eigenvalue weighted by Gasteiger charge is 2.22. The van der Waals surface area contributed by atoms with Crippen molar-refractivity contribution in [3.05, 3.63) is 42.2 Å². The number of ether oxygens (including phenoxy) is 1. The summed E-state index contributed by atoms with van der Waals surface area (Å²) in [6.07, 6.45) is 6.79. The Balaban J connectivity index is 1.80. The van der Waals surface area contributed by atoms with E-state index < -0.39 is 15.7 Å². The van der Waals surface area contributed by atoms with Gasteiger partial charge in [-0.1, -0.05) is 17.3 Å². The minimum absolute atomic E-state index is 0.0167. The lowest BCUT2D eigenvalue weighted by Crippen LogP contribution is -2.26. The molecule has 194 valence electrons. The van der Waals surface area contributed by atoms with E-state index in [2.05, 4.69) is 20.4 Å². The summed E-state index contributed by atoms with van der Waals surface area (Å²) in [5, 5.41) is 6.76. The number of oxime groups is 1. The Morgan fingerprint density at radius 2 is 1.83 bits per heavy atom. The van der Waals surface area contributed by atoms with Crippen LogP contribution in [0.1, 0.15) is 44.6 Å². The highest BCUT2D eigenvalue weighted by atomic mass is 32.2. The van der Waals surface area contributed by atoms with E-state index in [0.717, 1.165) is 25.7 Å². The minimum atomic E-state index is -3.48. The maximum atomic E-state index is 13.1. The summed E-state index contributed by atoms with van der Waals surface area (Å²) in [4.78, 5) is 40.0. The number of amides is 2. The van der Waals surface area contributed by atoms with Gasteiger partial charge in [-0.2, -0.15) is 0 Å². The number of anilines is 2. The topological polar surface area (TPSA) is 140 Å². The lowest BCUT2D eigenvalue weighted by Gasteiger charge is -2.14. The fourth-order valence-electron chi connectivity index (χ4n) is 3.57. The van der Waals surface area contributed by atoms with Crippen LogP contribution in [0.4, 0.5) is 11.6 Å². The van der Waals surface area contributed by atoms with E-state index in [1.54, 1.807) is 7.05 Å². The summed E-state index contributed by atoms with van der Waals surface area (Å²) in [5.41, 5.74) is 0.374. The zero-order chi connectivity index (χ0) is 26.1. The minimum Gasteiger partial charge on any atom is -0.392 e. The van der Waals surface area contributed by atoms with E-state index in [1.165, 1.54) is 55.6 Å². The first kappa shape index (κ1) is 27.2. The van der Waals surface area contributed by atoms with Gasteiger partial charge >= 0.3 is 0 Å². The molecule has 0 bridgehead atoms. The molecule has 36 heavy (non-hydrogen) atoms. The second-order valence-electron chi connectivity index (χ2n) is 8.43. The Kier molecular flexibility index (Phi) is 9.48. The molecule has 2 aromatic rings. The normalized spacial score (nSPS) is 14.5. The van der Waals surface area contributed by atoms with Gasteiger partial charge in [-0.15, -0.1) is 0 Å². The number of aromatic nitrogens is 2. The first-order valence-electron chi connectivity index (χ1n) is 11.6. The standard InChI is InChI=1S/C24H31N5O6S/c1-17(30)29(2)22-16-25-21(15-26-22)27-24(31)23(28-35-19-7-4-5-8-19)18-9-11-20(12-10-18)36(32,33)14-6-13-34-3/h9-12,15-16,19H,4-8,13-14H2,1-3H3,(H,25,27,31)/b28-23+. The quantitative estimate of drug-likeness (QED) is 0.272. The van der Waals surface area contributed by atoms with E-state index in [1.807, 2.05) is 0 Å². The predicted octanol–water partition coefficient (Wildman–Crippen LogP) is 2.57. The van der Waals surface area contributed by atoms with Gasteiger partial charge in [0, 0.05) is 33.3 Å². The molecule has 1 heterocycles. The van der Waals surface area contributed by atoms with Crippen molar-refractivity contribution in [1.82, 2.24) is 9.97 Å². The molecule has 1 aliphatic carbocycles. The maximum absolute atomic E-state index is 13.1. The molecule has 0 aliphatic heterocycles. The van der Waals surface area contributed by atoms with E-state index in [0.29, 0.717) is 24.4 Å². The highest BCUT2D eigenvalue weighted by molar-refractivity contribution is 7.91. The van der Waals surface area contributed by atoms with Crippen molar-refractivity contribution in [3.8, 4) is 0 Å². The third-order valence-electron chi connectivity index (χ3n) is 5.75. The molecule has 0 spiro atoms. The van der Waals surface area contributed by atoms with Gasteiger partial charge in [-0.25, -0.2) is 18.4 Å². The number of nitrogens with zero attached hydrogens (tertiary/aromatic N) is 4. The van der Waals surface area contributed by atoms with E-state index in [9.17, 15) is 18.0 Å². The van der Waals surface area contributed by atoms with Gasteiger partial charge in [0.15, 0.2) is 27.2 Å². The van der Waals surface area contributed by atoms with E-state index in [-0.39, 0.29) is 34.2 Å². The number of hydrogen-bond donors (Lipinski definition) is 1. The van der Waals surface area contributed by atoms with Crippen molar-refractivity contribution in [2.45, 2.75) is 50.0 Å². The zero-order valence-electron chi connectivity index (χ0n) is 20.6. The Morgan fingerprint density at radius 3 is 2.42 bits per heavy atom. The van der Waals surface area contributed by atoms with Crippen LogP contribution in [0.2, 0.25) is 0 Å². The molecule has 1 saturated carbocycles. The average Bonchev–Trinajstić information content (AvgIpc) is 3.38. The van der Waals surface area contributed by atoms with Crippen LogP contribution in [0.5, 0.6) is 0 Å². The van der Waals surface area contributed by atoms with E-state index >= 15 is 0 Å². The first-order chi connectivity index (χ1) is 17.2. The van der Waals surface area contributed by atoms with Crippen LogP contribution in [0, 0.1) is 0 Å². The van der Waals surface area contributed by atoms with Crippen LogP contribution in [-0.2, 0) is 29.0 Å². The molecule has 0 radical (unpaired) electrons. The number of carbonyl (C=O) groups is 2. The van der Waals surface area contributed by atoms with Gasteiger partial charge < -0.3 is 14.9 Å². The van der Waals surface area contributed by atoms with Crippen molar-refractivity contribution >= 4 is 39.0 Å².